The zero-order chi connectivity index (χ0) is 11.7. The number of hydrogen-bond donors (Lipinski definition) is 1. The number of terminal acetylenes is 1. The molecule has 1 unspecified atom stereocenters. The molecule has 0 aliphatic carbocycles. The summed E-state index contributed by atoms with van der Waals surface area (Å²) in [6.07, 6.45) is 8.49. The van der Waals surface area contributed by atoms with Gasteiger partial charge in [-0.05, 0) is 19.4 Å². The van der Waals surface area contributed by atoms with Crippen LogP contribution in [0.2, 0.25) is 0 Å². The Morgan fingerprint density at radius 3 is 2.53 bits per heavy atom. The van der Waals surface area contributed by atoms with Crippen LogP contribution in [0, 0.1) is 12.3 Å². The average molecular weight is 227 g/mol. The second-order valence-corrected chi connectivity index (χ2v) is 6.62. The molecule has 0 saturated heterocycles. The van der Waals surface area contributed by atoms with Gasteiger partial charge in [-0.1, -0.05) is 27.7 Å². The van der Waals surface area contributed by atoms with Gasteiger partial charge in [0.15, 0.2) is 0 Å². The van der Waals surface area contributed by atoms with Gasteiger partial charge in [0.05, 0.1) is 0 Å². The van der Waals surface area contributed by atoms with Gasteiger partial charge in [0.25, 0.3) is 0 Å². The van der Waals surface area contributed by atoms with Crippen LogP contribution in [0.4, 0.5) is 0 Å². The molecular weight excluding hydrogens is 202 g/mol. The monoisotopic (exact) mass is 227 g/mol. The van der Waals surface area contributed by atoms with Crippen molar-refractivity contribution in [3.05, 3.63) is 0 Å². The number of rotatable bonds is 7. The molecule has 0 aromatic carbocycles. The molecule has 0 fully saturated rings. The van der Waals surface area contributed by atoms with Crippen LogP contribution in [0.3, 0.4) is 0 Å². The lowest BCUT2D eigenvalue weighted by molar-refractivity contribution is 0.521. The summed E-state index contributed by atoms with van der Waals surface area (Å²) in [5.74, 6) is 3.89. The van der Waals surface area contributed by atoms with E-state index in [0.29, 0.717) is 10.8 Å². The maximum atomic E-state index is 5.26. The highest BCUT2D eigenvalue weighted by atomic mass is 32.2. The third-order valence-electron chi connectivity index (χ3n) is 2.08. The van der Waals surface area contributed by atoms with E-state index in [2.05, 4.69) is 38.9 Å². The van der Waals surface area contributed by atoms with Crippen molar-refractivity contribution in [3.8, 4) is 12.3 Å². The predicted molar refractivity (Wildman–Crippen MR) is 72.4 cm³/mol. The fourth-order valence-electron chi connectivity index (χ4n) is 1.33. The summed E-state index contributed by atoms with van der Waals surface area (Å²) in [4.78, 5) is 0. The minimum absolute atomic E-state index is 0.361. The number of nitrogens with one attached hydrogen (secondary N) is 1. The van der Waals surface area contributed by atoms with E-state index in [0.717, 1.165) is 19.4 Å². The van der Waals surface area contributed by atoms with Crippen molar-refractivity contribution in [1.29, 1.82) is 0 Å². The molecule has 1 nitrogen and oxygen atoms in total. The molecule has 0 aliphatic heterocycles. The van der Waals surface area contributed by atoms with Crippen molar-refractivity contribution in [2.45, 2.75) is 57.7 Å². The van der Waals surface area contributed by atoms with E-state index in [9.17, 15) is 0 Å². The first-order valence-electron chi connectivity index (χ1n) is 5.80. The third kappa shape index (κ3) is 10.2. The molecule has 1 atom stereocenters. The van der Waals surface area contributed by atoms with E-state index < -0.39 is 0 Å². The highest BCUT2D eigenvalue weighted by molar-refractivity contribution is 8.00. The Morgan fingerprint density at radius 1 is 1.40 bits per heavy atom. The van der Waals surface area contributed by atoms with Gasteiger partial charge in [-0.25, -0.2) is 0 Å². The zero-order valence-corrected chi connectivity index (χ0v) is 11.4. The van der Waals surface area contributed by atoms with E-state index >= 15 is 0 Å². The molecule has 1 N–H and O–H groups in total. The Labute approximate surface area is 99.8 Å². The van der Waals surface area contributed by atoms with E-state index in [4.69, 9.17) is 6.42 Å². The van der Waals surface area contributed by atoms with Gasteiger partial charge in [-0.15, -0.1) is 12.3 Å². The molecule has 0 heterocycles. The fraction of sp³-hybridized carbons (Fsp3) is 0.846. The molecule has 0 aromatic heterocycles. The first-order valence-corrected chi connectivity index (χ1v) is 6.79. The molecule has 2 heteroatoms. The van der Waals surface area contributed by atoms with E-state index in [1.807, 2.05) is 11.8 Å². The zero-order valence-electron chi connectivity index (χ0n) is 10.6. The van der Waals surface area contributed by atoms with Gasteiger partial charge in [0, 0.05) is 23.0 Å². The molecule has 0 amide bonds. The Morgan fingerprint density at radius 2 is 2.07 bits per heavy atom. The van der Waals surface area contributed by atoms with Gasteiger partial charge in [-0.3, -0.25) is 0 Å². The highest BCUT2D eigenvalue weighted by Gasteiger charge is 2.14. The second kappa shape index (κ2) is 8.07. The van der Waals surface area contributed by atoms with Crippen molar-refractivity contribution < 1.29 is 0 Å². The Hall–Kier alpha value is -0.130. The van der Waals surface area contributed by atoms with Gasteiger partial charge in [-0.2, -0.15) is 11.8 Å². The maximum Gasteiger partial charge on any atom is 0.0158 e. The van der Waals surface area contributed by atoms with Crippen molar-refractivity contribution >= 4 is 11.8 Å². The normalized spacial score (nSPS) is 13.5. The minimum atomic E-state index is 0.361. The van der Waals surface area contributed by atoms with Crippen LogP contribution in [-0.2, 0) is 0 Å². The largest absolute Gasteiger partial charge is 0.313 e. The lowest BCUT2D eigenvalue weighted by Gasteiger charge is -2.23. The standard InChI is InChI=1S/C13H25NS/c1-6-8-9-10-12(14-7-2)11-15-13(3,4)5/h1,12,14H,7-11H2,2-5H3. The summed E-state index contributed by atoms with van der Waals surface area (Å²) in [5, 5.41) is 3.52. The number of hydrogen-bond acceptors (Lipinski definition) is 2. The summed E-state index contributed by atoms with van der Waals surface area (Å²) >= 11 is 2.03. The van der Waals surface area contributed by atoms with E-state index in [1.54, 1.807) is 0 Å². The molecule has 0 radical (unpaired) electrons. The fourth-order valence-corrected chi connectivity index (χ4v) is 2.32. The van der Waals surface area contributed by atoms with E-state index in [-0.39, 0.29) is 0 Å². The average Bonchev–Trinajstić information content (AvgIpc) is 2.13. The summed E-state index contributed by atoms with van der Waals surface area (Å²) in [6.45, 7) is 10.0. The first-order chi connectivity index (χ1) is 6.99. The molecule has 0 aliphatic rings. The minimum Gasteiger partial charge on any atom is -0.313 e. The first kappa shape index (κ1) is 14.9. The highest BCUT2D eigenvalue weighted by Crippen LogP contribution is 2.24. The van der Waals surface area contributed by atoms with Crippen LogP contribution in [0.1, 0.15) is 47.0 Å². The maximum absolute atomic E-state index is 5.26. The Bertz CT molecular complexity index is 188. The number of thioether (sulfide) groups is 1. The van der Waals surface area contributed by atoms with Crippen molar-refractivity contribution in [2.75, 3.05) is 12.3 Å². The van der Waals surface area contributed by atoms with Crippen molar-refractivity contribution in [1.82, 2.24) is 5.32 Å². The second-order valence-electron chi connectivity index (χ2n) is 4.77. The molecule has 15 heavy (non-hydrogen) atoms. The molecular formula is C13H25NS. The molecule has 0 spiro atoms. The van der Waals surface area contributed by atoms with E-state index in [1.165, 1.54) is 12.2 Å². The summed E-state index contributed by atoms with van der Waals surface area (Å²) < 4.78 is 0.361. The van der Waals surface area contributed by atoms with Crippen LogP contribution >= 0.6 is 11.8 Å². The SMILES string of the molecule is C#CCCCC(CSC(C)(C)C)NCC. The molecule has 0 bridgehead atoms. The molecule has 0 rings (SSSR count). The molecule has 0 saturated carbocycles. The topological polar surface area (TPSA) is 12.0 Å². The van der Waals surface area contributed by atoms with Crippen LogP contribution < -0.4 is 5.32 Å². The summed E-state index contributed by atoms with van der Waals surface area (Å²) in [7, 11) is 0. The third-order valence-corrected chi connectivity index (χ3v) is 3.52. The van der Waals surface area contributed by atoms with Crippen LogP contribution in [-0.4, -0.2) is 23.1 Å². The Kier molecular flexibility index (Phi) is 8.00. The predicted octanol–water partition coefficient (Wildman–Crippen LogP) is 3.30. The van der Waals surface area contributed by atoms with Crippen LogP contribution in [0.5, 0.6) is 0 Å². The lowest BCUT2D eigenvalue weighted by Crippen LogP contribution is -2.32. The summed E-state index contributed by atoms with van der Waals surface area (Å²) in [6, 6.07) is 0.618. The summed E-state index contributed by atoms with van der Waals surface area (Å²) in [5.41, 5.74) is 0. The van der Waals surface area contributed by atoms with Crippen LogP contribution in [0.25, 0.3) is 0 Å². The van der Waals surface area contributed by atoms with Crippen molar-refractivity contribution in [3.63, 3.8) is 0 Å². The smallest absolute Gasteiger partial charge is 0.0158 e. The molecule has 0 aromatic rings. The van der Waals surface area contributed by atoms with Crippen molar-refractivity contribution in [2.24, 2.45) is 0 Å². The van der Waals surface area contributed by atoms with Gasteiger partial charge >= 0.3 is 0 Å². The Balaban J connectivity index is 3.78. The lowest BCUT2D eigenvalue weighted by atomic mass is 10.1. The van der Waals surface area contributed by atoms with Gasteiger partial charge < -0.3 is 5.32 Å². The van der Waals surface area contributed by atoms with Gasteiger partial charge in [0.2, 0.25) is 0 Å². The van der Waals surface area contributed by atoms with Gasteiger partial charge in [0.1, 0.15) is 0 Å². The quantitative estimate of drug-likeness (QED) is 0.529. The molecule has 88 valence electrons. The van der Waals surface area contributed by atoms with Crippen LogP contribution in [0.15, 0.2) is 0 Å². The number of unbranched alkanes of at least 4 members (excludes halogenated alkanes) is 1.